The van der Waals surface area contributed by atoms with Crippen LogP contribution in [-0.2, 0) is 4.79 Å². The minimum Gasteiger partial charge on any atom is -0.454 e. The summed E-state index contributed by atoms with van der Waals surface area (Å²) in [6.45, 7) is 0.722. The topological polar surface area (TPSA) is 80.8 Å². The van der Waals surface area contributed by atoms with E-state index in [-0.39, 0.29) is 31.7 Å². The molecule has 7 nitrogen and oxygen atoms in total. The predicted octanol–water partition coefficient (Wildman–Crippen LogP) is 3.09. The Kier molecular flexibility index (Phi) is 5.70. The van der Waals surface area contributed by atoms with Crippen LogP contribution in [0.15, 0.2) is 41.4 Å². The number of hydrogen-bond donors (Lipinski definition) is 1. The smallest absolute Gasteiger partial charge is 0.266 e. The lowest BCUT2D eigenvalue weighted by Gasteiger charge is -2.14. The van der Waals surface area contributed by atoms with Gasteiger partial charge in [0.25, 0.3) is 11.8 Å². The maximum absolute atomic E-state index is 12.7. The van der Waals surface area contributed by atoms with Crippen LogP contribution in [0.5, 0.6) is 11.5 Å². The van der Waals surface area contributed by atoms with Crippen LogP contribution in [0.25, 0.3) is 6.08 Å². The average molecular weight is 448 g/mol. The summed E-state index contributed by atoms with van der Waals surface area (Å²) in [5.41, 5.74) is 1.21. The first-order valence-electron chi connectivity index (χ1n) is 8.56. The van der Waals surface area contributed by atoms with Crippen molar-refractivity contribution in [2.24, 2.45) is 0 Å². The van der Waals surface area contributed by atoms with Gasteiger partial charge in [-0.25, -0.2) is 4.98 Å². The van der Waals surface area contributed by atoms with E-state index in [1.807, 2.05) is 12.1 Å². The average Bonchev–Trinajstić information content (AvgIpc) is 3.27. The van der Waals surface area contributed by atoms with Crippen molar-refractivity contribution in [1.29, 1.82) is 0 Å². The Morgan fingerprint density at radius 3 is 2.93 bits per heavy atom. The molecule has 0 radical (unpaired) electrons. The summed E-state index contributed by atoms with van der Waals surface area (Å²) in [7, 11) is 0. The largest absolute Gasteiger partial charge is 0.454 e. The molecule has 0 saturated carbocycles. The van der Waals surface area contributed by atoms with E-state index in [9.17, 15) is 9.59 Å². The van der Waals surface area contributed by atoms with Crippen molar-refractivity contribution in [2.45, 2.75) is 0 Å². The van der Waals surface area contributed by atoms with E-state index >= 15 is 0 Å². The van der Waals surface area contributed by atoms with Crippen LogP contribution in [0, 0.1) is 0 Å². The molecule has 148 valence electrons. The lowest BCUT2D eigenvalue weighted by molar-refractivity contribution is -0.122. The predicted molar refractivity (Wildman–Crippen MR) is 114 cm³/mol. The van der Waals surface area contributed by atoms with Gasteiger partial charge in [0.2, 0.25) is 6.79 Å². The first-order valence-corrected chi connectivity index (χ1v) is 10.2. The highest BCUT2D eigenvalue weighted by Crippen LogP contribution is 2.36. The number of pyridine rings is 1. The summed E-state index contributed by atoms with van der Waals surface area (Å²) in [4.78, 5) is 30.7. The molecule has 0 aliphatic carbocycles. The number of amides is 2. The number of nitrogens with zero attached hydrogens (tertiary/aromatic N) is 2. The van der Waals surface area contributed by atoms with Crippen molar-refractivity contribution in [3.05, 3.63) is 57.7 Å². The van der Waals surface area contributed by atoms with Crippen molar-refractivity contribution in [1.82, 2.24) is 15.2 Å². The SMILES string of the molecule is O=C(NCCN1C(=O)/C(=C\c2ccc3c(c2)OCO3)SC1=S)c1ccc(Cl)nc1. The standard InChI is InChI=1S/C19H14ClN3O4S2/c20-16-4-2-12(9-22-16)17(24)21-5-6-23-18(25)15(29-19(23)28)8-11-1-3-13-14(7-11)27-10-26-13/h1-4,7-9H,5-6,10H2,(H,21,24)/b15-8+. The molecule has 0 spiro atoms. The Bertz CT molecular complexity index is 1030. The fraction of sp³-hybridized carbons (Fsp3) is 0.158. The van der Waals surface area contributed by atoms with E-state index in [4.69, 9.17) is 33.3 Å². The van der Waals surface area contributed by atoms with Gasteiger partial charge in [0.05, 0.1) is 10.5 Å². The number of carbonyl (C=O) groups is 2. The number of hydrogen-bond acceptors (Lipinski definition) is 7. The van der Waals surface area contributed by atoms with E-state index in [1.54, 1.807) is 24.3 Å². The summed E-state index contributed by atoms with van der Waals surface area (Å²) in [6, 6.07) is 8.59. The Morgan fingerprint density at radius 1 is 1.31 bits per heavy atom. The normalized spacial score (nSPS) is 16.6. The van der Waals surface area contributed by atoms with Crippen LogP contribution in [0.4, 0.5) is 0 Å². The van der Waals surface area contributed by atoms with E-state index < -0.39 is 0 Å². The second kappa shape index (κ2) is 8.40. The number of nitrogens with one attached hydrogen (secondary N) is 1. The third-order valence-electron chi connectivity index (χ3n) is 4.18. The van der Waals surface area contributed by atoms with Gasteiger partial charge in [-0.15, -0.1) is 0 Å². The number of carbonyl (C=O) groups excluding carboxylic acids is 2. The third-order valence-corrected chi connectivity index (χ3v) is 5.78. The fourth-order valence-electron chi connectivity index (χ4n) is 2.74. The molecule has 2 aromatic rings. The Labute approximate surface area is 181 Å². The maximum Gasteiger partial charge on any atom is 0.266 e. The molecule has 0 atom stereocenters. The molecule has 4 rings (SSSR count). The van der Waals surface area contributed by atoms with Gasteiger partial charge in [0.15, 0.2) is 11.5 Å². The van der Waals surface area contributed by atoms with Crippen molar-refractivity contribution in [2.75, 3.05) is 19.9 Å². The van der Waals surface area contributed by atoms with Crippen molar-refractivity contribution in [3.63, 3.8) is 0 Å². The van der Waals surface area contributed by atoms with Gasteiger partial charge in [0.1, 0.15) is 9.47 Å². The Hall–Kier alpha value is -2.62. The number of fused-ring (bicyclic) bond motifs is 1. The highest BCUT2D eigenvalue weighted by molar-refractivity contribution is 8.26. The monoisotopic (exact) mass is 447 g/mol. The maximum atomic E-state index is 12.7. The van der Waals surface area contributed by atoms with Crippen molar-refractivity contribution >= 4 is 57.8 Å². The van der Waals surface area contributed by atoms with Gasteiger partial charge in [-0.1, -0.05) is 41.6 Å². The lowest BCUT2D eigenvalue weighted by Crippen LogP contribution is -2.37. The molecule has 1 saturated heterocycles. The van der Waals surface area contributed by atoms with Gasteiger partial charge in [-0.05, 0) is 35.9 Å². The highest BCUT2D eigenvalue weighted by Gasteiger charge is 2.31. The molecule has 2 aliphatic heterocycles. The number of thiocarbonyl (C=S) groups is 1. The summed E-state index contributed by atoms with van der Waals surface area (Å²) >= 11 is 12.3. The first-order chi connectivity index (χ1) is 14.0. The zero-order valence-corrected chi connectivity index (χ0v) is 17.3. The number of halogens is 1. The van der Waals surface area contributed by atoms with E-state index in [0.717, 1.165) is 5.56 Å². The van der Waals surface area contributed by atoms with Gasteiger partial charge in [-0.3, -0.25) is 14.5 Å². The minimum absolute atomic E-state index is 0.193. The Morgan fingerprint density at radius 2 is 2.14 bits per heavy atom. The van der Waals surface area contributed by atoms with E-state index in [0.29, 0.717) is 31.4 Å². The van der Waals surface area contributed by atoms with Gasteiger partial charge >= 0.3 is 0 Å². The summed E-state index contributed by atoms with van der Waals surface area (Å²) < 4.78 is 11.1. The minimum atomic E-state index is -0.296. The first kappa shape index (κ1) is 19.7. The molecule has 10 heteroatoms. The molecule has 2 aliphatic rings. The molecule has 1 aromatic heterocycles. The lowest BCUT2D eigenvalue weighted by atomic mass is 10.2. The molecule has 1 N–H and O–H groups in total. The third kappa shape index (κ3) is 4.36. The number of rotatable bonds is 5. The van der Waals surface area contributed by atoms with Crippen LogP contribution in [-0.4, -0.2) is 45.9 Å². The van der Waals surface area contributed by atoms with Gasteiger partial charge < -0.3 is 14.8 Å². The number of aromatic nitrogens is 1. The van der Waals surface area contributed by atoms with Crippen molar-refractivity contribution < 1.29 is 19.1 Å². The summed E-state index contributed by atoms with van der Waals surface area (Å²) in [5, 5.41) is 3.06. The molecule has 0 unspecified atom stereocenters. The van der Waals surface area contributed by atoms with E-state index in [2.05, 4.69) is 10.3 Å². The van der Waals surface area contributed by atoms with Crippen LogP contribution < -0.4 is 14.8 Å². The molecule has 2 amide bonds. The summed E-state index contributed by atoms with van der Waals surface area (Å²) in [6.07, 6.45) is 3.16. The number of thioether (sulfide) groups is 1. The highest BCUT2D eigenvalue weighted by atomic mass is 35.5. The fourth-order valence-corrected chi connectivity index (χ4v) is 4.16. The molecular formula is C19H14ClN3O4S2. The second-order valence-electron chi connectivity index (χ2n) is 6.07. The van der Waals surface area contributed by atoms with Crippen LogP contribution in [0.1, 0.15) is 15.9 Å². The van der Waals surface area contributed by atoms with E-state index in [1.165, 1.54) is 22.9 Å². The second-order valence-corrected chi connectivity index (χ2v) is 8.13. The Balaban J connectivity index is 1.37. The van der Waals surface area contributed by atoms with Crippen LogP contribution in [0.2, 0.25) is 5.15 Å². The number of ether oxygens (including phenoxy) is 2. The molecule has 29 heavy (non-hydrogen) atoms. The summed E-state index contributed by atoms with van der Waals surface area (Å²) in [5.74, 6) is 0.838. The quantitative estimate of drug-likeness (QED) is 0.428. The molecule has 1 fully saturated rings. The molecule has 1 aromatic carbocycles. The molecule has 0 bridgehead atoms. The van der Waals surface area contributed by atoms with Crippen molar-refractivity contribution in [3.8, 4) is 11.5 Å². The van der Waals surface area contributed by atoms with Crippen LogP contribution >= 0.6 is 35.6 Å². The zero-order valence-electron chi connectivity index (χ0n) is 14.9. The van der Waals surface area contributed by atoms with Gasteiger partial charge in [-0.2, -0.15) is 0 Å². The molecular weight excluding hydrogens is 434 g/mol. The van der Waals surface area contributed by atoms with Crippen LogP contribution in [0.3, 0.4) is 0 Å². The van der Waals surface area contributed by atoms with Gasteiger partial charge in [0, 0.05) is 19.3 Å². The molecule has 3 heterocycles. The zero-order chi connectivity index (χ0) is 20.4. The number of benzene rings is 1.